The van der Waals surface area contributed by atoms with Crippen molar-refractivity contribution in [2.24, 2.45) is 0 Å². The molecule has 1 aromatic rings. The average molecular weight is 217 g/mol. The summed E-state index contributed by atoms with van der Waals surface area (Å²) in [6.45, 7) is 4.50. The standard InChI is InChI=1S/C13H15NO2/c1-3-7-14-12(15)10-6-5-9(4-2)8-11(10)13(14)16/h5-6,8H,3-4,7H2,1-2H3. The lowest BCUT2D eigenvalue weighted by Crippen LogP contribution is -2.30. The number of hydrogen-bond acceptors (Lipinski definition) is 2. The lowest BCUT2D eigenvalue weighted by atomic mass is 10.0. The molecule has 16 heavy (non-hydrogen) atoms. The number of nitrogens with zero attached hydrogens (tertiary/aromatic N) is 1. The minimum absolute atomic E-state index is 0.142. The molecule has 2 rings (SSSR count). The number of hydrogen-bond donors (Lipinski definition) is 0. The van der Waals surface area contributed by atoms with Crippen LogP contribution in [-0.2, 0) is 6.42 Å². The highest BCUT2D eigenvalue weighted by Gasteiger charge is 2.34. The van der Waals surface area contributed by atoms with Crippen LogP contribution in [0.4, 0.5) is 0 Å². The van der Waals surface area contributed by atoms with Crippen molar-refractivity contribution in [3.8, 4) is 0 Å². The van der Waals surface area contributed by atoms with Crippen LogP contribution in [0.15, 0.2) is 18.2 Å². The molecule has 3 heteroatoms. The van der Waals surface area contributed by atoms with Crippen molar-refractivity contribution < 1.29 is 9.59 Å². The van der Waals surface area contributed by atoms with Gasteiger partial charge in [0.25, 0.3) is 11.8 Å². The third-order valence-electron chi connectivity index (χ3n) is 2.89. The van der Waals surface area contributed by atoms with Crippen molar-refractivity contribution in [1.29, 1.82) is 0 Å². The molecule has 0 aliphatic carbocycles. The fourth-order valence-corrected chi connectivity index (χ4v) is 1.98. The number of rotatable bonds is 3. The first-order valence-electron chi connectivity index (χ1n) is 5.68. The van der Waals surface area contributed by atoms with Crippen molar-refractivity contribution in [2.75, 3.05) is 6.54 Å². The van der Waals surface area contributed by atoms with Crippen LogP contribution in [0.25, 0.3) is 0 Å². The Hall–Kier alpha value is -1.64. The molecule has 2 amide bonds. The van der Waals surface area contributed by atoms with Crippen LogP contribution in [-0.4, -0.2) is 23.3 Å². The molecule has 0 radical (unpaired) electrons. The molecule has 0 spiro atoms. The maximum absolute atomic E-state index is 12.0. The minimum atomic E-state index is -0.149. The number of benzene rings is 1. The molecule has 0 bridgehead atoms. The number of carbonyl (C=O) groups is 2. The van der Waals surface area contributed by atoms with E-state index in [-0.39, 0.29) is 11.8 Å². The normalized spacial score (nSPS) is 14.5. The smallest absolute Gasteiger partial charge is 0.261 e. The van der Waals surface area contributed by atoms with Gasteiger partial charge in [-0.25, -0.2) is 0 Å². The van der Waals surface area contributed by atoms with Crippen molar-refractivity contribution in [3.63, 3.8) is 0 Å². The molecule has 0 saturated carbocycles. The van der Waals surface area contributed by atoms with Crippen molar-refractivity contribution >= 4 is 11.8 Å². The maximum Gasteiger partial charge on any atom is 0.261 e. The van der Waals surface area contributed by atoms with E-state index in [1.54, 1.807) is 6.07 Å². The summed E-state index contributed by atoms with van der Waals surface area (Å²) in [6.07, 6.45) is 1.68. The zero-order valence-corrected chi connectivity index (χ0v) is 9.62. The Kier molecular flexibility index (Phi) is 2.77. The summed E-state index contributed by atoms with van der Waals surface area (Å²) in [5, 5.41) is 0. The summed E-state index contributed by atoms with van der Waals surface area (Å²) < 4.78 is 0. The van der Waals surface area contributed by atoms with Gasteiger partial charge in [0.05, 0.1) is 11.1 Å². The van der Waals surface area contributed by atoms with Crippen molar-refractivity contribution in [2.45, 2.75) is 26.7 Å². The summed E-state index contributed by atoms with van der Waals surface area (Å²) in [5.74, 6) is -0.290. The number of aryl methyl sites for hydroxylation is 1. The van der Waals surface area contributed by atoms with E-state index in [1.165, 1.54) is 4.90 Å². The zero-order valence-electron chi connectivity index (χ0n) is 9.62. The largest absolute Gasteiger partial charge is 0.274 e. The molecule has 84 valence electrons. The number of imide groups is 1. The first kappa shape index (κ1) is 10.9. The van der Waals surface area contributed by atoms with Crippen LogP contribution in [0.1, 0.15) is 46.5 Å². The van der Waals surface area contributed by atoms with Gasteiger partial charge in [-0.3, -0.25) is 14.5 Å². The van der Waals surface area contributed by atoms with Crippen LogP contribution >= 0.6 is 0 Å². The summed E-state index contributed by atoms with van der Waals surface area (Å²) >= 11 is 0. The molecule has 0 N–H and O–H groups in total. The van der Waals surface area contributed by atoms with E-state index in [2.05, 4.69) is 0 Å². The second-order valence-corrected chi connectivity index (χ2v) is 4.00. The predicted octanol–water partition coefficient (Wildman–Crippen LogP) is 2.25. The van der Waals surface area contributed by atoms with E-state index < -0.39 is 0 Å². The lowest BCUT2D eigenvalue weighted by molar-refractivity contribution is 0.0654. The van der Waals surface area contributed by atoms with E-state index in [0.29, 0.717) is 17.7 Å². The van der Waals surface area contributed by atoms with E-state index in [4.69, 9.17) is 0 Å². The van der Waals surface area contributed by atoms with Gasteiger partial charge < -0.3 is 0 Å². The van der Waals surface area contributed by atoms with Gasteiger partial charge in [-0.15, -0.1) is 0 Å². The van der Waals surface area contributed by atoms with Gasteiger partial charge in [0.15, 0.2) is 0 Å². The van der Waals surface area contributed by atoms with Gasteiger partial charge >= 0.3 is 0 Å². The Labute approximate surface area is 95.1 Å². The highest BCUT2D eigenvalue weighted by molar-refractivity contribution is 6.21. The molecule has 0 fully saturated rings. The Morgan fingerprint density at radius 2 is 1.75 bits per heavy atom. The first-order chi connectivity index (χ1) is 7.69. The van der Waals surface area contributed by atoms with Gasteiger partial charge in [0, 0.05) is 6.54 Å². The number of amides is 2. The fraction of sp³-hybridized carbons (Fsp3) is 0.385. The molecule has 0 aromatic heterocycles. The Morgan fingerprint density at radius 1 is 1.06 bits per heavy atom. The number of fused-ring (bicyclic) bond motifs is 1. The third kappa shape index (κ3) is 1.52. The van der Waals surface area contributed by atoms with E-state index in [9.17, 15) is 9.59 Å². The van der Waals surface area contributed by atoms with Gasteiger partial charge in [-0.1, -0.05) is 19.9 Å². The second kappa shape index (κ2) is 4.08. The zero-order chi connectivity index (χ0) is 11.7. The predicted molar refractivity (Wildman–Crippen MR) is 61.5 cm³/mol. The monoisotopic (exact) mass is 217 g/mol. The first-order valence-corrected chi connectivity index (χ1v) is 5.68. The molecule has 0 atom stereocenters. The summed E-state index contributed by atoms with van der Waals surface area (Å²) in [7, 11) is 0. The summed E-state index contributed by atoms with van der Waals surface area (Å²) in [6, 6.07) is 5.52. The molecule has 3 nitrogen and oxygen atoms in total. The molecule has 1 aliphatic heterocycles. The van der Waals surface area contributed by atoms with Crippen molar-refractivity contribution in [1.82, 2.24) is 4.90 Å². The fourth-order valence-electron chi connectivity index (χ4n) is 1.98. The topological polar surface area (TPSA) is 37.4 Å². The van der Waals surface area contributed by atoms with Crippen LogP contribution in [0.3, 0.4) is 0 Å². The molecular formula is C13H15NO2. The Morgan fingerprint density at radius 3 is 2.38 bits per heavy atom. The molecule has 0 unspecified atom stereocenters. The molecule has 1 aliphatic rings. The van der Waals surface area contributed by atoms with Gasteiger partial charge in [0.1, 0.15) is 0 Å². The Bertz CT molecular complexity index is 451. The average Bonchev–Trinajstić information content (AvgIpc) is 2.54. The van der Waals surface area contributed by atoms with E-state index >= 15 is 0 Å². The van der Waals surface area contributed by atoms with Gasteiger partial charge in [0.2, 0.25) is 0 Å². The summed E-state index contributed by atoms with van der Waals surface area (Å²) in [5.41, 5.74) is 2.21. The van der Waals surface area contributed by atoms with Gasteiger partial charge in [-0.2, -0.15) is 0 Å². The van der Waals surface area contributed by atoms with Crippen LogP contribution in [0, 0.1) is 0 Å². The van der Waals surface area contributed by atoms with E-state index in [0.717, 1.165) is 18.4 Å². The van der Waals surface area contributed by atoms with Crippen LogP contribution < -0.4 is 0 Å². The van der Waals surface area contributed by atoms with Gasteiger partial charge in [-0.05, 0) is 30.5 Å². The highest BCUT2D eigenvalue weighted by atomic mass is 16.2. The lowest BCUT2D eigenvalue weighted by Gasteiger charge is -2.11. The molecular weight excluding hydrogens is 202 g/mol. The summed E-state index contributed by atoms with van der Waals surface area (Å²) in [4.78, 5) is 25.2. The highest BCUT2D eigenvalue weighted by Crippen LogP contribution is 2.24. The SMILES string of the molecule is CCCN1C(=O)c2ccc(CC)cc2C1=O. The maximum atomic E-state index is 12.0. The van der Waals surface area contributed by atoms with E-state index in [1.807, 2.05) is 26.0 Å². The molecule has 1 heterocycles. The second-order valence-electron chi connectivity index (χ2n) is 4.00. The van der Waals surface area contributed by atoms with Crippen LogP contribution in [0.2, 0.25) is 0 Å². The minimum Gasteiger partial charge on any atom is -0.274 e. The van der Waals surface area contributed by atoms with Crippen molar-refractivity contribution in [3.05, 3.63) is 34.9 Å². The quantitative estimate of drug-likeness (QED) is 0.728. The Balaban J connectivity index is 2.43. The molecule has 0 saturated heterocycles. The number of carbonyl (C=O) groups excluding carboxylic acids is 2. The third-order valence-corrected chi connectivity index (χ3v) is 2.89. The van der Waals surface area contributed by atoms with Crippen LogP contribution in [0.5, 0.6) is 0 Å². The molecule has 1 aromatic carbocycles.